The van der Waals surface area contributed by atoms with Crippen molar-refractivity contribution in [2.24, 2.45) is 0 Å². The van der Waals surface area contributed by atoms with Crippen molar-refractivity contribution < 1.29 is 14.9 Å². The summed E-state index contributed by atoms with van der Waals surface area (Å²) in [7, 11) is 0. The molecular weight excluding hydrogens is 382 g/mol. The van der Waals surface area contributed by atoms with Crippen LogP contribution in [0.2, 0.25) is 0 Å². The highest BCUT2D eigenvalue weighted by Crippen LogP contribution is 2.29. The van der Waals surface area contributed by atoms with Crippen LogP contribution in [0, 0.1) is 0 Å². The second-order valence-corrected chi connectivity index (χ2v) is 7.63. The molecular formula is C22H23N5O3. The summed E-state index contributed by atoms with van der Waals surface area (Å²) in [4.78, 5) is 16.5. The van der Waals surface area contributed by atoms with E-state index >= 15 is 0 Å². The van der Waals surface area contributed by atoms with E-state index in [4.69, 9.17) is 4.74 Å². The minimum absolute atomic E-state index is 0.0909. The van der Waals surface area contributed by atoms with Gasteiger partial charge in [0.25, 0.3) is 0 Å². The van der Waals surface area contributed by atoms with Crippen LogP contribution in [0.15, 0.2) is 42.6 Å². The number of aliphatic hydroxyl groups excluding tert-OH is 2. The third-order valence-corrected chi connectivity index (χ3v) is 5.45. The molecule has 2 aromatic heterocycles. The summed E-state index contributed by atoms with van der Waals surface area (Å²) in [5.74, 6) is 1.73. The molecule has 0 spiro atoms. The fourth-order valence-corrected chi connectivity index (χ4v) is 3.87. The number of aromatic amines is 1. The first-order valence-corrected chi connectivity index (χ1v) is 10.1. The molecule has 1 aliphatic rings. The van der Waals surface area contributed by atoms with Gasteiger partial charge in [-0.05, 0) is 49.9 Å². The minimum atomic E-state index is -0.212. The van der Waals surface area contributed by atoms with Crippen LogP contribution in [0.5, 0.6) is 5.75 Å². The molecule has 1 saturated carbocycles. The van der Waals surface area contributed by atoms with Gasteiger partial charge >= 0.3 is 0 Å². The maximum atomic E-state index is 9.72. The lowest BCUT2D eigenvalue weighted by Gasteiger charge is -2.26. The summed E-state index contributed by atoms with van der Waals surface area (Å²) in [5.41, 5.74) is 3.17. The Morgan fingerprint density at radius 1 is 1.10 bits per heavy atom. The molecule has 0 saturated heterocycles. The number of hydrogen-bond acceptors (Lipinski definition) is 7. The van der Waals surface area contributed by atoms with E-state index in [9.17, 15) is 10.2 Å². The van der Waals surface area contributed by atoms with E-state index < -0.39 is 0 Å². The molecule has 0 atom stereocenters. The number of aliphatic hydroxyl groups is 2. The van der Waals surface area contributed by atoms with Crippen molar-refractivity contribution >= 4 is 33.6 Å². The van der Waals surface area contributed by atoms with Crippen LogP contribution in [-0.4, -0.2) is 42.4 Å². The van der Waals surface area contributed by atoms with Crippen LogP contribution in [0.1, 0.15) is 31.5 Å². The molecule has 2 aromatic carbocycles. The van der Waals surface area contributed by atoms with Crippen molar-refractivity contribution in [2.75, 3.05) is 5.32 Å². The molecule has 0 bridgehead atoms. The number of aromatic nitrogens is 4. The maximum Gasteiger partial charge on any atom is 0.227 e. The van der Waals surface area contributed by atoms with Crippen LogP contribution in [-0.2, 0) is 6.61 Å². The largest absolute Gasteiger partial charge is 0.488 e. The number of rotatable bonds is 5. The summed E-state index contributed by atoms with van der Waals surface area (Å²) in [6, 6.07) is 11.5. The normalized spacial score (nSPS) is 19.3. The van der Waals surface area contributed by atoms with Crippen LogP contribution in [0.4, 0.5) is 11.6 Å². The molecule has 0 amide bonds. The summed E-state index contributed by atoms with van der Waals surface area (Å²) in [5, 5.41) is 23.1. The van der Waals surface area contributed by atoms with E-state index in [1.807, 2.05) is 36.4 Å². The number of H-pyrrole nitrogens is 1. The number of nitrogens with zero attached hydrogens (tertiary/aromatic N) is 3. The lowest BCUT2D eigenvalue weighted by Crippen LogP contribution is -2.26. The number of nitrogens with one attached hydrogen (secondary N) is 2. The van der Waals surface area contributed by atoms with Gasteiger partial charge in [-0.25, -0.2) is 15.0 Å². The molecule has 0 radical (unpaired) electrons. The van der Waals surface area contributed by atoms with Crippen LogP contribution >= 0.6 is 0 Å². The summed E-state index contributed by atoms with van der Waals surface area (Å²) in [6.07, 6.45) is 4.87. The van der Waals surface area contributed by atoms with Gasteiger partial charge in [-0.15, -0.1) is 0 Å². The lowest BCUT2D eigenvalue weighted by molar-refractivity contribution is 0.0672. The molecule has 30 heavy (non-hydrogen) atoms. The standard InChI is InChI=1S/C22H23N5O3/c28-12-20-25-17-9-4-14(10-18(17)26-20)24-22-23-11-13-2-1-3-19(21(13)27-22)30-16-7-5-15(29)6-8-16/h1-4,9-11,15-16,28-29H,5-8,12H2,(H,25,26)(H,23,24,27)/t15-,16+. The third kappa shape index (κ3) is 3.79. The van der Waals surface area contributed by atoms with Gasteiger partial charge in [0.2, 0.25) is 5.95 Å². The van der Waals surface area contributed by atoms with Crippen molar-refractivity contribution in [3.05, 3.63) is 48.4 Å². The Morgan fingerprint density at radius 2 is 1.97 bits per heavy atom. The van der Waals surface area contributed by atoms with Gasteiger partial charge in [0.05, 0.1) is 23.2 Å². The first-order chi connectivity index (χ1) is 14.7. The average molecular weight is 405 g/mol. The van der Waals surface area contributed by atoms with Gasteiger partial charge in [-0.1, -0.05) is 12.1 Å². The molecule has 4 N–H and O–H groups in total. The van der Waals surface area contributed by atoms with Crippen LogP contribution in [0.3, 0.4) is 0 Å². The van der Waals surface area contributed by atoms with E-state index in [0.29, 0.717) is 11.8 Å². The first-order valence-electron chi connectivity index (χ1n) is 10.1. The maximum absolute atomic E-state index is 9.72. The SMILES string of the molecule is OCc1nc2cc(Nc3ncc4cccc(O[C@H]5CC[C@@H](O)CC5)c4n3)ccc2[nH]1. The smallest absolute Gasteiger partial charge is 0.227 e. The summed E-state index contributed by atoms with van der Waals surface area (Å²) < 4.78 is 6.23. The Kier molecular flexibility index (Phi) is 4.94. The topological polar surface area (TPSA) is 116 Å². The van der Waals surface area contributed by atoms with Crippen molar-refractivity contribution in [3.8, 4) is 5.75 Å². The molecule has 5 rings (SSSR count). The number of hydrogen-bond donors (Lipinski definition) is 4. The molecule has 0 unspecified atom stereocenters. The molecule has 1 fully saturated rings. The second-order valence-electron chi connectivity index (χ2n) is 7.63. The highest BCUT2D eigenvalue weighted by atomic mass is 16.5. The molecule has 154 valence electrons. The molecule has 2 heterocycles. The fraction of sp³-hybridized carbons (Fsp3) is 0.318. The first kappa shape index (κ1) is 18.8. The Bertz CT molecular complexity index is 1180. The van der Waals surface area contributed by atoms with E-state index in [0.717, 1.165) is 59.1 Å². The number of imidazole rings is 1. The zero-order valence-electron chi connectivity index (χ0n) is 16.4. The Balaban J connectivity index is 1.41. The number of para-hydroxylation sites is 1. The van der Waals surface area contributed by atoms with Gasteiger partial charge in [0, 0.05) is 17.3 Å². The third-order valence-electron chi connectivity index (χ3n) is 5.45. The zero-order chi connectivity index (χ0) is 20.5. The van der Waals surface area contributed by atoms with Gasteiger partial charge in [0.1, 0.15) is 23.7 Å². The van der Waals surface area contributed by atoms with Crippen molar-refractivity contribution in [1.82, 2.24) is 19.9 Å². The van der Waals surface area contributed by atoms with Crippen LogP contribution < -0.4 is 10.1 Å². The van der Waals surface area contributed by atoms with Gasteiger partial charge in [-0.2, -0.15) is 0 Å². The summed E-state index contributed by atoms with van der Waals surface area (Å²) in [6.45, 7) is -0.131. The molecule has 0 aliphatic heterocycles. The van der Waals surface area contributed by atoms with Gasteiger partial charge in [0.15, 0.2) is 0 Å². The molecule has 8 nitrogen and oxygen atoms in total. The predicted molar refractivity (Wildman–Crippen MR) is 114 cm³/mol. The molecule has 4 aromatic rings. The lowest BCUT2D eigenvalue weighted by atomic mass is 9.95. The van der Waals surface area contributed by atoms with E-state index in [2.05, 4.69) is 25.3 Å². The van der Waals surface area contributed by atoms with Gasteiger partial charge < -0.3 is 25.3 Å². The van der Waals surface area contributed by atoms with Crippen molar-refractivity contribution in [2.45, 2.75) is 44.5 Å². The van der Waals surface area contributed by atoms with E-state index in [1.165, 1.54) is 0 Å². The highest BCUT2D eigenvalue weighted by molar-refractivity contribution is 5.85. The van der Waals surface area contributed by atoms with E-state index in [-0.39, 0.29) is 18.8 Å². The average Bonchev–Trinajstić information content (AvgIpc) is 3.18. The molecule has 8 heteroatoms. The monoisotopic (exact) mass is 405 g/mol. The fourth-order valence-electron chi connectivity index (χ4n) is 3.87. The Morgan fingerprint density at radius 3 is 2.80 bits per heavy atom. The number of fused-ring (bicyclic) bond motifs is 2. The summed E-state index contributed by atoms with van der Waals surface area (Å²) >= 11 is 0. The highest BCUT2D eigenvalue weighted by Gasteiger charge is 2.21. The number of benzene rings is 2. The quantitative estimate of drug-likeness (QED) is 0.402. The van der Waals surface area contributed by atoms with Crippen LogP contribution in [0.25, 0.3) is 21.9 Å². The predicted octanol–water partition coefficient (Wildman–Crippen LogP) is 3.42. The zero-order valence-corrected chi connectivity index (χ0v) is 16.4. The number of ether oxygens (including phenoxy) is 1. The van der Waals surface area contributed by atoms with Gasteiger partial charge in [-0.3, -0.25) is 0 Å². The molecule has 1 aliphatic carbocycles. The number of anilines is 2. The van der Waals surface area contributed by atoms with Crippen molar-refractivity contribution in [1.29, 1.82) is 0 Å². The second kappa shape index (κ2) is 7.89. The minimum Gasteiger partial charge on any atom is -0.488 e. The Hall–Kier alpha value is -3.23. The van der Waals surface area contributed by atoms with E-state index in [1.54, 1.807) is 6.20 Å². The Labute approximate surface area is 173 Å². The van der Waals surface area contributed by atoms with Crippen molar-refractivity contribution in [3.63, 3.8) is 0 Å².